The fourth-order valence-electron chi connectivity index (χ4n) is 2.38. The summed E-state index contributed by atoms with van der Waals surface area (Å²) >= 11 is 5.96. The van der Waals surface area contributed by atoms with E-state index in [1.54, 1.807) is 21.7 Å². The molecule has 6 nitrogen and oxygen atoms in total. The summed E-state index contributed by atoms with van der Waals surface area (Å²) in [6, 6.07) is 7.40. The van der Waals surface area contributed by atoms with Crippen molar-refractivity contribution in [2.45, 2.75) is 13.0 Å². The molecule has 110 valence electrons. The molecule has 0 radical (unpaired) electrons. The second kappa shape index (κ2) is 5.83. The van der Waals surface area contributed by atoms with Crippen LogP contribution in [0.4, 0.5) is 0 Å². The predicted molar refractivity (Wildman–Crippen MR) is 79.7 cm³/mol. The largest absolute Gasteiger partial charge is 0.331 e. The maximum atomic E-state index is 12.5. The quantitative estimate of drug-likeness (QED) is 0.910. The topological polar surface area (TPSA) is 63.1 Å². The third kappa shape index (κ3) is 2.91. The van der Waals surface area contributed by atoms with Crippen LogP contribution in [0.15, 0.2) is 30.6 Å². The first-order chi connectivity index (χ1) is 10.1. The number of benzene rings is 1. The van der Waals surface area contributed by atoms with Gasteiger partial charge in [-0.2, -0.15) is 0 Å². The molecule has 0 saturated carbocycles. The number of nitrogens with zero attached hydrogens (tertiary/aromatic N) is 4. The Morgan fingerprint density at radius 1 is 1.48 bits per heavy atom. The lowest BCUT2D eigenvalue weighted by atomic mass is 10.2. The van der Waals surface area contributed by atoms with Crippen LogP contribution in [0, 0.1) is 0 Å². The highest BCUT2D eigenvalue weighted by Gasteiger charge is 2.26. The van der Waals surface area contributed by atoms with Crippen LogP contribution in [-0.4, -0.2) is 51.2 Å². The van der Waals surface area contributed by atoms with Gasteiger partial charge >= 0.3 is 0 Å². The molecule has 1 saturated heterocycles. The minimum atomic E-state index is -0.134. The van der Waals surface area contributed by atoms with Gasteiger partial charge in [-0.15, -0.1) is 5.10 Å². The Kier molecular flexibility index (Phi) is 3.90. The Morgan fingerprint density at radius 2 is 2.33 bits per heavy atom. The minimum absolute atomic E-state index is 0.134. The van der Waals surface area contributed by atoms with Gasteiger partial charge in [0.1, 0.15) is 6.33 Å². The van der Waals surface area contributed by atoms with E-state index in [4.69, 9.17) is 11.6 Å². The summed E-state index contributed by atoms with van der Waals surface area (Å²) in [5, 5.41) is 8.14. The first-order valence-electron chi connectivity index (χ1n) is 6.84. The number of rotatable bonds is 2. The summed E-state index contributed by atoms with van der Waals surface area (Å²) in [4.78, 5) is 18.4. The van der Waals surface area contributed by atoms with E-state index in [1.807, 2.05) is 19.1 Å². The van der Waals surface area contributed by atoms with Crippen molar-refractivity contribution in [2.75, 3.05) is 19.6 Å². The zero-order valence-electron chi connectivity index (χ0n) is 11.7. The molecule has 0 spiro atoms. The van der Waals surface area contributed by atoms with Crippen LogP contribution in [0.25, 0.3) is 5.69 Å². The van der Waals surface area contributed by atoms with E-state index in [-0.39, 0.29) is 17.8 Å². The van der Waals surface area contributed by atoms with Crippen molar-refractivity contribution in [3.05, 3.63) is 41.4 Å². The van der Waals surface area contributed by atoms with Crippen molar-refractivity contribution in [2.24, 2.45) is 0 Å². The van der Waals surface area contributed by atoms with Gasteiger partial charge in [-0.3, -0.25) is 4.79 Å². The number of carbonyl (C=O) groups is 1. The molecule has 1 fully saturated rings. The Hall–Kier alpha value is -1.92. The summed E-state index contributed by atoms with van der Waals surface area (Å²) in [5.74, 6) is 0.0773. The third-order valence-electron chi connectivity index (χ3n) is 3.52. The summed E-state index contributed by atoms with van der Waals surface area (Å²) in [7, 11) is 0. The zero-order chi connectivity index (χ0) is 14.8. The first-order valence-corrected chi connectivity index (χ1v) is 7.22. The van der Waals surface area contributed by atoms with Crippen molar-refractivity contribution < 1.29 is 4.79 Å². The summed E-state index contributed by atoms with van der Waals surface area (Å²) in [6.45, 7) is 4.27. The van der Waals surface area contributed by atoms with Crippen molar-refractivity contribution in [3.63, 3.8) is 0 Å². The molecule has 1 aromatic carbocycles. The molecule has 1 aliphatic heterocycles. The summed E-state index contributed by atoms with van der Waals surface area (Å²) < 4.78 is 1.56. The van der Waals surface area contributed by atoms with Crippen LogP contribution in [0.5, 0.6) is 0 Å². The van der Waals surface area contributed by atoms with E-state index in [2.05, 4.69) is 15.4 Å². The lowest BCUT2D eigenvalue weighted by molar-refractivity contribution is 0.0643. The van der Waals surface area contributed by atoms with Gasteiger partial charge in [-0.1, -0.05) is 17.7 Å². The highest BCUT2D eigenvalue weighted by molar-refractivity contribution is 6.30. The second-order valence-electron chi connectivity index (χ2n) is 5.04. The van der Waals surface area contributed by atoms with Crippen LogP contribution < -0.4 is 5.32 Å². The summed E-state index contributed by atoms with van der Waals surface area (Å²) in [6.07, 6.45) is 1.53. The van der Waals surface area contributed by atoms with E-state index < -0.39 is 0 Å². The van der Waals surface area contributed by atoms with Crippen molar-refractivity contribution in [1.82, 2.24) is 25.0 Å². The molecule has 3 rings (SSSR count). The van der Waals surface area contributed by atoms with Gasteiger partial charge < -0.3 is 10.2 Å². The van der Waals surface area contributed by atoms with Crippen LogP contribution in [-0.2, 0) is 0 Å². The average molecular weight is 306 g/mol. The second-order valence-corrected chi connectivity index (χ2v) is 5.48. The molecule has 1 amide bonds. The molecule has 2 aromatic rings. The molecule has 0 bridgehead atoms. The number of carbonyl (C=O) groups excluding carboxylic acids is 1. The maximum absolute atomic E-state index is 12.5. The molecule has 0 aliphatic carbocycles. The Bertz CT molecular complexity index is 656. The van der Waals surface area contributed by atoms with Gasteiger partial charge in [0.15, 0.2) is 0 Å². The fourth-order valence-corrected chi connectivity index (χ4v) is 2.56. The molecule has 21 heavy (non-hydrogen) atoms. The lowest BCUT2D eigenvalue weighted by Crippen LogP contribution is -2.52. The Balaban J connectivity index is 1.83. The van der Waals surface area contributed by atoms with E-state index in [9.17, 15) is 4.79 Å². The van der Waals surface area contributed by atoms with E-state index in [0.29, 0.717) is 11.6 Å². The average Bonchev–Trinajstić information content (AvgIpc) is 2.97. The zero-order valence-corrected chi connectivity index (χ0v) is 12.4. The van der Waals surface area contributed by atoms with Crippen molar-refractivity contribution in [3.8, 4) is 5.69 Å². The monoisotopic (exact) mass is 305 g/mol. The minimum Gasteiger partial charge on any atom is -0.331 e. The van der Waals surface area contributed by atoms with E-state index >= 15 is 0 Å². The number of aromatic nitrogens is 3. The molecular formula is C14H16ClN5O. The molecule has 1 aromatic heterocycles. The van der Waals surface area contributed by atoms with Gasteiger partial charge in [0.05, 0.1) is 5.69 Å². The van der Waals surface area contributed by atoms with Crippen LogP contribution in [0.3, 0.4) is 0 Å². The van der Waals surface area contributed by atoms with Gasteiger partial charge in [-0.25, -0.2) is 9.67 Å². The highest BCUT2D eigenvalue weighted by atomic mass is 35.5. The number of halogens is 1. The van der Waals surface area contributed by atoms with Gasteiger partial charge in [0, 0.05) is 30.7 Å². The van der Waals surface area contributed by atoms with Gasteiger partial charge in [0.25, 0.3) is 5.91 Å². The van der Waals surface area contributed by atoms with Gasteiger partial charge in [-0.05, 0) is 25.1 Å². The fraction of sp³-hybridized carbons (Fsp3) is 0.357. The number of hydrogen-bond donors (Lipinski definition) is 1. The molecular weight excluding hydrogens is 290 g/mol. The predicted octanol–water partition coefficient (Wildman–Crippen LogP) is 1.35. The highest BCUT2D eigenvalue weighted by Crippen LogP contribution is 2.14. The lowest BCUT2D eigenvalue weighted by Gasteiger charge is -2.33. The maximum Gasteiger partial charge on any atom is 0.293 e. The van der Waals surface area contributed by atoms with Crippen LogP contribution in [0.2, 0.25) is 5.02 Å². The Morgan fingerprint density at radius 3 is 3.10 bits per heavy atom. The number of amides is 1. The standard InChI is InChI=1S/C14H16ClN5O/c1-10-8-16-5-6-19(10)14(21)13-17-9-20(18-13)12-4-2-3-11(15)7-12/h2-4,7,9-10,16H,5-6,8H2,1H3. The third-order valence-corrected chi connectivity index (χ3v) is 3.75. The first kappa shape index (κ1) is 14.0. The van der Waals surface area contributed by atoms with E-state index in [1.165, 1.54) is 6.33 Å². The molecule has 1 N–H and O–H groups in total. The van der Waals surface area contributed by atoms with Crippen LogP contribution in [0.1, 0.15) is 17.5 Å². The Labute approximate surface area is 127 Å². The number of hydrogen-bond acceptors (Lipinski definition) is 4. The number of nitrogens with one attached hydrogen (secondary N) is 1. The van der Waals surface area contributed by atoms with E-state index in [0.717, 1.165) is 18.8 Å². The smallest absolute Gasteiger partial charge is 0.293 e. The molecule has 7 heteroatoms. The summed E-state index contributed by atoms with van der Waals surface area (Å²) in [5.41, 5.74) is 0.780. The van der Waals surface area contributed by atoms with Gasteiger partial charge in [0.2, 0.25) is 5.82 Å². The molecule has 1 aliphatic rings. The normalized spacial score (nSPS) is 18.8. The molecule has 1 atom stereocenters. The number of piperazine rings is 1. The SMILES string of the molecule is CC1CNCCN1C(=O)c1ncn(-c2cccc(Cl)c2)n1. The molecule has 1 unspecified atom stereocenters. The van der Waals surface area contributed by atoms with Crippen LogP contribution >= 0.6 is 11.6 Å². The molecule has 2 heterocycles. The van der Waals surface area contributed by atoms with Crippen molar-refractivity contribution >= 4 is 17.5 Å². The van der Waals surface area contributed by atoms with Crippen molar-refractivity contribution in [1.29, 1.82) is 0 Å².